The molecule has 0 radical (unpaired) electrons. The van der Waals surface area contributed by atoms with Gasteiger partial charge >= 0.3 is 0 Å². The fourth-order valence-corrected chi connectivity index (χ4v) is 3.28. The molecule has 0 aromatic heterocycles. The Bertz CT molecular complexity index is 149. The molecule has 0 amide bonds. The average molecular weight is 140 g/mol. The first-order chi connectivity index (χ1) is 4.36. The summed E-state index contributed by atoms with van der Waals surface area (Å²) < 4.78 is 0. The number of hydrogen-bond acceptors (Lipinski definition) is 1. The minimum absolute atomic E-state index is 0.954. The molecule has 1 aliphatic carbocycles. The summed E-state index contributed by atoms with van der Waals surface area (Å²) in [5.74, 6) is 0.954. The van der Waals surface area contributed by atoms with Crippen molar-refractivity contribution in [3.05, 3.63) is 11.0 Å². The molecule has 1 fully saturated rings. The van der Waals surface area contributed by atoms with E-state index in [0.29, 0.717) is 0 Å². The Labute approximate surface area is 60.7 Å². The maximum Gasteiger partial charge on any atom is 0.0154 e. The first-order valence-corrected chi connectivity index (χ1v) is 4.59. The van der Waals surface area contributed by atoms with Crippen LogP contribution in [0.3, 0.4) is 0 Å². The first-order valence-electron chi connectivity index (χ1n) is 3.71. The van der Waals surface area contributed by atoms with Crippen molar-refractivity contribution in [2.24, 2.45) is 5.92 Å². The van der Waals surface area contributed by atoms with Crippen LogP contribution in [0.25, 0.3) is 0 Å². The first kappa shape index (κ1) is 5.84. The SMILES string of the molecule is CC1=CC2CCCC2S1. The standard InChI is InChI=1S/C8H12S/c1-6-5-7-3-2-4-8(7)9-6/h5,7-8H,2-4H2,1H3. The van der Waals surface area contributed by atoms with Crippen LogP contribution in [-0.4, -0.2) is 5.25 Å². The van der Waals surface area contributed by atoms with E-state index in [1.165, 1.54) is 19.3 Å². The van der Waals surface area contributed by atoms with Crippen LogP contribution in [0, 0.1) is 5.92 Å². The van der Waals surface area contributed by atoms with Gasteiger partial charge in [-0.05, 0) is 30.6 Å². The van der Waals surface area contributed by atoms with Crippen molar-refractivity contribution in [2.75, 3.05) is 0 Å². The summed E-state index contributed by atoms with van der Waals surface area (Å²) >= 11 is 2.10. The van der Waals surface area contributed by atoms with E-state index in [2.05, 4.69) is 24.8 Å². The van der Waals surface area contributed by atoms with Gasteiger partial charge in [0.2, 0.25) is 0 Å². The predicted octanol–water partition coefficient (Wildman–Crippen LogP) is 2.81. The number of hydrogen-bond donors (Lipinski definition) is 0. The van der Waals surface area contributed by atoms with Gasteiger partial charge in [-0.3, -0.25) is 0 Å². The normalized spacial score (nSPS) is 40.8. The zero-order chi connectivity index (χ0) is 6.27. The lowest BCUT2D eigenvalue weighted by atomic mass is 10.1. The molecule has 9 heavy (non-hydrogen) atoms. The highest BCUT2D eigenvalue weighted by Crippen LogP contribution is 2.45. The zero-order valence-corrected chi connectivity index (χ0v) is 6.58. The Hall–Kier alpha value is 0.0900. The summed E-state index contributed by atoms with van der Waals surface area (Å²) in [6, 6.07) is 0. The summed E-state index contributed by atoms with van der Waals surface area (Å²) in [5.41, 5.74) is 0. The van der Waals surface area contributed by atoms with Crippen LogP contribution in [0.15, 0.2) is 11.0 Å². The zero-order valence-electron chi connectivity index (χ0n) is 5.76. The summed E-state index contributed by atoms with van der Waals surface area (Å²) in [7, 11) is 0. The lowest BCUT2D eigenvalue weighted by Gasteiger charge is -2.04. The van der Waals surface area contributed by atoms with E-state index in [1.54, 1.807) is 4.91 Å². The van der Waals surface area contributed by atoms with Crippen molar-refractivity contribution in [3.8, 4) is 0 Å². The lowest BCUT2D eigenvalue weighted by Crippen LogP contribution is -2.00. The fourth-order valence-electron chi connectivity index (χ4n) is 1.87. The van der Waals surface area contributed by atoms with Gasteiger partial charge in [-0.1, -0.05) is 12.5 Å². The van der Waals surface area contributed by atoms with Gasteiger partial charge in [0.05, 0.1) is 0 Å². The quantitative estimate of drug-likeness (QED) is 0.498. The van der Waals surface area contributed by atoms with Gasteiger partial charge in [-0.15, -0.1) is 11.8 Å². The van der Waals surface area contributed by atoms with Crippen molar-refractivity contribution >= 4 is 11.8 Å². The molecule has 0 nitrogen and oxygen atoms in total. The summed E-state index contributed by atoms with van der Waals surface area (Å²) in [6.45, 7) is 2.24. The van der Waals surface area contributed by atoms with Crippen LogP contribution >= 0.6 is 11.8 Å². The van der Waals surface area contributed by atoms with E-state index in [1.807, 2.05) is 0 Å². The molecule has 0 saturated heterocycles. The second-order valence-corrected chi connectivity index (χ2v) is 4.51. The second kappa shape index (κ2) is 2.05. The second-order valence-electron chi connectivity index (χ2n) is 3.03. The third kappa shape index (κ3) is 0.917. The molecule has 50 valence electrons. The Morgan fingerprint density at radius 3 is 3.22 bits per heavy atom. The minimum atomic E-state index is 0.954. The highest BCUT2D eigenvalue weighted by atomic mass is 32.2. The minimum Gasteiger partial charge on any atom is -0.127 e. The van der Waals surface area contributed by atoms with Gasteiger partial charge in [0.25, 0.3) is 0 Å². The molecule has 1 aliphatic heterocycles. The van der Waals surface area contributed by atoms with E-state index in [4.69, 9.17) is 0 Å². The molecule has 1 heteroatoms. The number of rotatable bonds is 0. The van der Waals surface area contributed by atoms with Crippen LogP contribution in [0.4, 0.5) is 0 Å². The fraction of sp³-hybridized carbons (Fsp3) is 0.750. The van der Waals surface area contributed by atoms with Gasteiger partial charge in [0, 0.05) is 5.25 Å². The van der Waals surface area contributed by atoms with E-state index in [0.717, 1.165) is 11.2 Å². The molecule has 1 heterocycles. The smallest absolute Gasteiger partial charge is 0.0154 e. The largest absolute Gasteiger partial charge is 0.127 e. The number of fused-ring (bicyclic) bond motifs is 1. The Balaban J connectivity index is 2.13. The van der Waals surface area contributed by atoms with Gasteiger partial charge in [0.15, 0.2) is 0 Å². The monoisotopic (exact) mass is 140 g/mol. The molecule has 2 atom stereocenters. The maximum atomic E-state index is 2.46. The van der Waals surface area contributed by atoms with E-state index in [-0.39, 0.29) is 0 Å². The molecule has 0 bridgehead atoms. The third-order valence-electron chi connectivity index (χ3n) is 2.29. The van der Waals surface area contributed by atoms with Crippen molar-refractivity contribution in [2.45, 2.75) is 31.4 Å². The average Bonchev–Trinajstić information content (AvgIpc) is 2.22. The summed E-state index contributed by atoms with van der Waals surface area (Å²) in [5, 5.41) is 0.977. The molecule has 2 rings (SSSR count). The van der Waals surface area contributed by atoms with Crippen LogP contribution in [0.5, 0.6) is 0 Å². The predicted molar refractivity (Wildman–Crippen MR) is 42.5 cm³/mol. The molecule has 0 aromatic carbocycles. The van der Waals surface area contributed by atoms with Gasteiger partial charge < -0.3 is 0 Å². The van der Waals surface area contributed by atoms with Crippen molar-refractivity contribution < 1.29 is 0 Å². The molecule has 0 spiro atoms. The Kier molecular flexibility index (Phi) is 1.33. The van der Waals surface area contributed by atoms with Crippen LogP contribution < -0.4 is 0 Å². The third-order valence-corrected chi connectivity index (χ3v) is 3.69. The Morgan fingerprint density at radius 1 is 1.56 bits per heavy atom. The van der Waals surface area contributed by atoms with Crippen LogP contribution in [0.2, 0.25) is 0 Å². The summed E-state index contributed by atoms with van der Waals surface area (Å²) in [4.78, 5) is 1.56. The van der Waals surface area contributed by atoms with E-state index >= 15 is 0 Å². The highest BCUT2D eigenvalue weighted by molar-refractivity contribution is 8.03. The maximum absolute atomic E-state index is 2.46. The molecule has 2 unspecified atom stereocenters. The van der Waals surface area contributed by atoms with Crippen molar-refractivity contribution in [1.29, 1.82) is 0 Å². The molecular formula is C8H12S. The molecular weight excluding hydrogens is 128 g/mol. The van der Waals surface area contributed by atoms with E-state index in [9.17, 15) is 0 Å². The summed E-state index contributed by atoms with van der Waals surface area (Å²) in [6.07, 6.45) is 6.84. The molecule has 2 aliphatic rings. The highest BCUT2D eigenvalue weighted by Gasteiger charge is 2.30. The molecule has 1 saturated carbocycles. The molecule has 0 N–H and O–H groups in total. The van der Waals surface area contributed by atoms with Gasteiger partial charge in [-0.25, -0.2) is 0 Å². The molecule has 0 aromatic rings. The lowest BCUT2D eigenvalue weighted by molar-refractivity contribution is 0.709. The Morgan fingerprint density at radius 2 is 2.44 bits per heavy atom. The van der Waals surface area contributed by atoms with Gasteiger partial charge in [0.1, 0.15) is 0 Å². The van der Waals surface area contributed by atoms with Gasteiger partial charge in [-0.2, -0.15) is 0 Å². The number of thioether (sulfide) groups is 1. The van der Waals surface area contributed by atoms with Crippen LogP contribution in [0.1, 0.15) is 26.2 Å². The van der Waals surface area contributed by atoms with Crippen LogP contribution in [-0.2, 0) is 0 Å². The van der Waals surface area contributed by atoms with Crippen molar-refractivity contribution in [3.63, 3.8) is 0 Å². The van der Waals surface area contributed by atoms with Crippen molar-refractivity contribution in [1.82, 2.24) is 0 Å². The van der Waals surface area contributed by atoms with E-state index < -0.39 is 0 Å². The number of allylic oxidation sites excluding steroid dienone is 2. The topological polar surface area (TPSA) is 0 Å².